The molecule has 9 N–H and O–H groups in total. The van der Waals surface area contributed by atoms with Gasteiger partial charge in [0.15, 0.2) is 0 Å². The second-order valence-electron chi connectivity index (χ2n) is 29.7. The van der Waals surface area contributed by atoms with Crippen LogP contribution in [0.4, 0.5) is 4.79 Å². The van der Waals surface area contributed by atoms with Crippen LogP contribution in [-0.4, -0.2) is 171 Å². The van der Waals surface area contributed by atoms with Gasteiger partial charge in [0.2, 0.25) is 53.2 Å². The molecule has 2 aliphatic heterocycles. The molecule has 0 bridgehead atoms. The third-order valence-corrected chi connectivity index (χ3v) is 18.0. The molecule has 10 atom stereocenters. The molecule has 2 aliphatic rings. The minimum Gasteiger partial charge on any atom is -0.480 e. The molecule has 2 saturated heterocycles. The average Bonchev–Trinajstić information content (AvgIpc) is 1.59. The number of benzene rings is 4. The Hall–Kier alpha value is -10.2. The first-order chi connectivity index (χ1) is 50.3. The number of carboxylic acids is 1. The number of carbonyl (C=O) groups excluding carboxylic acids is 12. The Balaban J connectivity index is 1.23. The lowest BCUT2D eigenvalue weighted by Gasteiger charge is -2.32. The Bertz CT molecular complexity index is 3610. The number of ether oxygens (including phenoxy) is 3. The van der Waals surface area contributed by atoms with Gasteiger partial charge in [0.05, 0.1) is 0 Å². The van der Waals surface area contributed by atoms with Crippen LogP contribution in [0.15, 0.2) is 121 Å². The first-order valence-corrected chi connectivity index (χ1v) is 36.7. The number of esters is 2. The van der Waals surface area contributed by atoms with Crippen LogP contribution in [0.25, 0.3) is 0 Å². The van der Waals surface area contributed by atoms with Crippen LogP contribution in [0, 0.1) is 23.7 Å². The predicted octanol–water partition coefficient (Wildman–Crippen LogP) is 6.28. The molecule has 2 fully saturated rings. The van der Waals surface area contributed by atoms with E-state index in [1.165, 1.54) is 9.80 Å². The number of hydrogen-bond donors (Lipinski definition) is 9. The maximum Gasteiger partial charge on any atom is 0.408 e. The number of rotatable bonds is 38. The maximum absolute atomic E-state index is 15.2. The van der Waals surface area contributed by atoms with E-state index in [-0.39, 0.29) is 95.9 Å². The molecule has 27 nitrogen and oxygen atoms in total. The first kappa shape index (κ1) is 84.7. The van der Waals surface area contributed by atoms with Crippen LogP contribution in [0.2, 0.25) is 0 Å². The molecule has 2 heterocycles. The van der Waals surface area contributed by atoms with Crippen molar-refractivity contribution in [3.05, 3.63) is 144 Å². The van der Waals surface area contributed by atoms with Gasteiger partial charge >= 0.3 is 24.0 Å². The van der Waals surface area contributed by atoms with Crippen molar-refractivity contribution in [2.24, 2.45) is 23.7 Å². The standard InChI is InChI=1S/C79H108N10O17/c1-48(2)42-58(83-69(93)57(37-39-65(91)105-47-55-32-22-15-23-33-55)81-74(98)67(51(7)8)87-78(103)106-79(9,10)11)70(94)84-60(44-52-26-16-12-17-27-52)75(99)88-40-24-34-62(88)72(96)86-66(50(5)6)73(97)80-56(36-38-64(90)104-46-54-30-20-14-21-31-54)68(92)82-59(43-49(3)4)71(95)85-61(45-53-28-18-13-19-29-53)76(100)89-41-25-35-63(89)77(101)102/h12-23,26-33,48-51,56-63,66-67H,24-25,34-47H2,1-11H3,(H,80,97)(H,81,98)(H,82,92)(H,83,93)(H,84,94)(H,85,95)(H,86,96)(H,87,103)(H,101,102)/t56-,57-,58-,59-,60+,61+,62-,63-,66-,67-/m0/s1. The number of likely N-dealkylation sites (tertiary alicyclic amines) is 2. The van der Waals surface area contributed by atoms with Crippen molar-refractivity contribution < 1.29 is 81.6 Å². The van der Waals surface area contributed by atoms with Gasteiger partial charge in [-0.05, 0) is 118 Å². The quantitative estimate of drug-likeness (QED) is 0.0176. The molecule has 6 rings (SSSR count). The van der Waals surface area contributed by atoms with Gasteiger partial charge in [-0.15, -0.1) is 0 Å². The van der Waals surface area contributed by atoms with E-state index in [1.807, 2.05) is 33.8 Å². The number of amides is 10. The fraction of sp³-hybridized carbons (Fsp3) is 0.532. The van der Waals surface area contributed by atoms with Crippen LogP contribution in [0.1, 0.15) is 163 Å². The molecule has 27 heteroatoms. The van der Waals surface area contributed by atoms with E-state index < -0.39 is 161 Å². The Morgan fingerprint density at radius 3 is 1.11 bits per heavy atom. The van der Waals surface area contributed by atoms with Gasteiger partial charge in [-0.25, -0.2) is 9.59 Å². The molecule has 106 heavy (non-hydrogen) atoms. The fourth-order valence-corrected chi connectivity index (χ4v) is 12.5. The van der Waals surface area contributed by atoms with Gasteiger partial charge in [0.1, 0.15) is 79.2 Å². The number of carbonyl (C=O) groups is 13. The predicted molar refractivity (Wildman–Crippen MR) is 394 cm³/mol. The number of aliphatic carboxylic acids is 1. The van der Waals surface area contributed by atoms with Crippen LogP contribution >= 0.6 is 0 Å². The maximum atomic E-state index is 15.2. The Labute approximate surface area is 621 Å². The molecule has 0 unspecified atom stereocenters. The summed E-state index contributed by atoms with van der Waals surface area (Å²) in [4.78, 5) is 187. The van der Waals surface area contributed by atoms with Crippen molar-refractivity contribution in [1.29, 1.82) is 0 Å². The number of alkyl carbamates (subject to hydrolysis) is 1. The second kappa shape index (κ2) is 41.5. The lowest BCUT2D eigenvalue weighted by molar-refractivity contribution is -0.149. The topological polar surface area (TPSA) is 373 Å². The summed E-state index contributed by atoms with van der Waals surface area (Å²) in [5.41, 5.74) is 1.79. The molecule has 0 spiro atoms. The Morgan fingerprint density at radius 2 is 0.755 bits per heavy atom. The lowest BCUT2D eigenvalue weighted by Crippen LogP contribution is -2.61. The number of nitrogens with zero attached hydrogens (tertiary/aromatic N) is 2. The van der Waals surface area contributed by atoms with Gasteiger partial charge in [0.25, 0.3) is 0 Å². The van der Waals surface area contributed by atoms with E-state index in [0.29, 0.717) is 35.1 Å². The van der Waals surface area contributed by atoms with E-state index in [1.54, 1.807) is 164 Å². The molecular weight excluding hydrogens is 1360 g/mol. The molecule has 4 aromatic carbocycles. The molecular formula is C79H108N10O17. The molecule has 4 aromatic rings. The molecule has 576 valence electrons. The minimum atomic E-state index is -1.54. The third-order valence-electron chi connectivity index (χ3n) is 18.0. The minimum absolute atomic E-state index is 0.00796. The van der Waals surface area contributed by atoms with Crippen molar-refractivity contribution in [1.82, 2.24) is 52.3 Å². The highest BCUT2D eigenvalue weighted by atomic mass is 16.6. The number of nitrogens with one attached hydrogen (secondary N) is 8. The van der Waals surface area contributed by atoms with Gasteiger partial charge in [-0.1, -0.05) is 177 Å². The Morgan fingerprint density at radius 1 is 0.425 bits per heavy atom. The van der Waals surface area contributed by atoms with Crippen LogP contribution in [0.3, 0.4) is 0 Å². The van der Waals surface area contributed by atoms with Gasteiger partial charge in [-0.2, -0.15) is 0 Å². The number of hydrogen-bond acceptors (Lipinski definition) is 16. The summed E-state index contributed by atoms with van der Waals surface area (Å²) in [6.07, 6.45) is -1.19. The molecule has 0 radical (unpaired) electrons. The monoisotopic (exact) mass is 1470 g/mol. The van der Waals surface area contributed by atoms with Crippen LogP contribution < -0.4 is 42.5 Å². The lowest BCUT2D eigenvalue weighted by atomic mass is 9.99. The van der Waals surface area contributed by atoms with Crippen molar-refractivity contribution in [2.75, 3.05) is 13.1 Å². The molecule has 0 aromatic heterocycles. The molecule has 0 saturated carbocycles. The summed E-state index contributed by atoms with van der Waals surface area (Å²) in [6.45, 7) is 18.9. The van der Waals surface area contributed by atoms with E-state index in [0.717, 1.165) is 0 Å². The van der Waals surface area contributed by atoms with Gasteiger partial charge in [-0.3, -0.25) is 52.7 Å². The summed E-state index contributed by atoms with van der Waals surface area (Å²) in [6, 6.07) is 22.2. The van der Waals surface area contributed by atoms with E-state index in [4.69, 9.17) is 14.2 Å². The number of carboxylic acid groups (broad SMARTS) is 1. The zero-order chi connectivity index (χ0) is 77.8. The second-order valence-corrected chi connectivity index (χ2v) is 29.7. The van der Waals surface area contributed by atoms with Crippen molar-refractivity contribution >= 4 is 77.2 Å². The Kier molecular flexibility index (Phi) is 33.2. The fourth-order valence-electron chi connectivity index (χ4n) is 12.5. The first-order valence-electron chi connectivity index (χ1n) is 36.7. The highest BCUT2D eigenvalue weighted by Gasteiger charge is 2.43. The van der Waals surface area contributed by atoms with Crippen LogP contribution in [0.5, 0.6) is 0 Å². The largest absolute Gasteiger partial charge is 0.480 e. The highest BCUT2D eigenvalue weighted by Crippen LogP contribution is 2.24. The average molecular weight is 1470 g/mol. The smallest absolute Gasteiger partial charge is 0.408 e. The summed E-state index contributed by atoms with van der Waals surface area (Å²) >= 11 is 0. The third kappa shape index (κ3) is 27.7. The summed E-state index contributed by atoms with van der Waals surface area (Å²) in [5, 5.41) is 32.0. The summed E-state index contributed by atoms with van der Waals surface area (Å²) < 4.78 is 16.5. The normalized spacial score (nSPS) is 16.6. The molecule has 0 aliphatic carbocycles. The van der Waals surface area contributed by atoms with Crippen LogP contribution in [-0.2, 0) is 97.8 Å². The van der Waals surface area contributed by atoms with E-state index in [2.05, 4.69) is 42.5 Å². The highest BCUT2D eigenvalue weighted by molar-refractivity contribution is 5.99. The summed E-state index contributed by atoms with van der Waals surface area (Å²) in [5.74, 6) is -11.2. The zero-order valence-electron chi connectivity index (χ0n) is 62.8. The van der Waals surface area contributed by atoms with Crippen molar-refractivity contribution in [3.8, 4) is 0 Å². The van der Waals surface area contributed by atoms with E-state index in [9.17, 15) is 62.6 Å². The summed E-state index contributed by atoms with van der Waals surface area (Å²) in [7, 11) is 0. The van der Waals surface area contributed by atoms with Gasteiger partial charge in [0, 0.05) is 38.8 Å². The van der Waals surface area contributed by atoms with E-state index >= 15 is 4.79 Å². The van der Waals surface area contributed by atoms with Crippen molar-refractivity contribution in [2.45, 2.75) is 232 Å². The van der Waals surface area contributed by atoms with Gasteiger partial charge < -0.3 is 71.7 Å². The van der Waals surface area contributed by atoms with Crippen molar-refractivity contribution in [3.63, 3.8) is 0 Å². The zero-order valence-corrected chi connectivity index (χ0v) is 62.8. The SMILES string of the molecule is CC(C)C[C@H](NC(=O)[C@H](CCC(=O)OCc1ccccc1)NC(=O)[C@@H](NC(=O)[C@@H]1CCCN1C(=O)[C@@H](Cc1ccccc1)NC(=O)[C@H](CC(C)C)NC(=O)[C@H](CCC(=O)OCc1ccccc1)NC(=O)[C@@H](NC(=O)OC(C)(C)C)C(C)C)C(C)C)C(=O)N[C@H](Cc1ccccc1)C(=O)N1CCC[C@H]1C(=O)O. The molecule has 10 amide bonds.